The molecular formula is C19H16BBrF4N2. The number of benzene rings is 1. The smallest absolute Gasteiger partial charge is 0.393 e. The number of hydrogen-bond donors (Lipinski definition) is 0. The van der Waals surface area contributed by atoms with Crippen LogP contribution in [-0.4, -0.2) is 21.6 Å². The Morgan fingerprint density at radius 2 is 1.67 bits per heavy atom. The van der Waals surface area contributed by atoms with Crippen LogP contribution in [0.25, 0.3) is 5.57 Å². The number of halogens is 5. The van der Waals surface area contributed by atoms with E-state index in [2.05, 4.69) is 15.9 Å². The molecule has 1 aromatic heterocycles. The van der Waals surface area contributed by atoms with Crippen molar-refractivity contribution in [2.24, 2.45) is 0 Å². The molecule has 0 fully saturated rings. The van der Waals surface area contributed by atoms with Gasteiger partial charge in [0.25, 0.3) is 0 Å². The Hall–Kier alpha value is -2.09. The Kier molecular flexibility index (Phi) is 3.86. The van der Waals surface area contributed by atoms with Gasteiger partial charge in [-0.2, -0.15) is 0 Å². The highest BCUT2D eigenvalue weighted by Crippen LogP contribution is 2.46. The highest BCUT2D eigenvalue weighted by Gasteiger charge is 2.55. The van der Waals surface area contributed by atoms with Crippen molar-refractivity contribution in [2.45, 2.75) is 27.7 Å². The Morgan fingerprint density at radius 3 is 2.33 bits per heavy atom. The number of aryl methyl sites for hydroxylation is 2. The fourth-order valence-electron chi connectivity index (χ4n) is 4.29. The van der Waals surface area contributed by atoms with Crippen molar-refractivity contribution in [3.8, 4) is 0 Å². The van der Waals surface area contributed by atoms with E-state index in [1.165, 1.54) is 0 Å². The molecule has 0 unspecified atom stereocenters. The Balaban J connectivity index is 2.25. The molecule has 27 heavy (non-hydrogen) atoms. The maximum absolute atomic E-state index is 15.5. The number of hydrogen-bond acceptors (Lipinski definition) is 0. The summed E-state index contributed by atoms with van der Waals surface area (Å²) in [4.78, 5) is 0. The zero-order valence-corrected chi connectivity index (χ0v) is 16.8. The number of rotatable bonds is 1. The van der Waals surface area contributed by atoms with E-state index >= 15 is 8.63 Å². The molecular weight excluding hydrogens is 423 g/mol. The van der Waals surface area contributed by atoms with Gasteiger partial charge in [-0.1, -0.05) is 0 Å². The molecule has 8 heteroatoms. The van der Waals surface area contributed by atoms with Crippen LogP contribution in [0.1, 0.15) is 36.4 Å². The molecule has 3 heterocycles. The van der Waals surface area contributed by atoms with Crippen LogP contribution in [0.15, 0.2) is 40.0 Å². The number of fused-ring (bicyclic) bond motifs is 2. The Bertz CT molecular complexity index is 1130. The van der Waals surface area contributed by atoms with Crippen molar-refractivity contribution >= 4 is 34.2 Å². The molecule has 2 aliphatic rings. The van der Waals surface area contributed by atoms with Crippen LogP contribution in [0, 0.1) is 25.5 Å². The summed E-state index contributed by atoms with van der Waals surface area (Å²) in [5, 5.41) is 0. The molecule has 1 aromatic carbocycles. The van der Waals surface area contributed by atoms with Gasteiger partial charge in [-0.05, 0) is 66.2 Å². The highest BCUT2D eigenvalue weighted by atomic mass is 79.9. The molecule has 2 nitrogen and oxygen atoms in total. The van der Waals surface area contributed by atoms with Gasteiger partial charge in [0.2, 0.25) is 0 Å². The molecule has 0 atom stereocenters. The zero-order valence-electron chi connectivity index (χ0n) is 15.2. The van der Waals surface area contributed by atoms with Gasteiger partial charge < -0.3 is 17.6 Å². The topological polar surface area (TPSA) is 7.94 Å². The molecule has 0 amide bonds. The second-order valence-corrected chi connectivity index (χ2v) is 7.85. The van der Waals surface area contributed by atoms with Gasteiger partial charge in [-0.25, -0.2) is 8.78 Å². The van der Waals surface area contributed by atoms with Gasteiger partial charge >= 0.3 is 6.97 Å². The van der Waals surface area contributed by atoms with Crippen LogP contribution >= 0.6 is 15.9 Å². The van der Waals surface area contributed by atoms with Crippen molar-refractivity contribution in [1.29, 1.82) is 0 Å². The Labute approximate surface area is 162 Å². The third-order valence-electron chi connectivity index (χ3n) is 5.23. The molecule has 0 spiro atoms. The minimum Gasteiger partial charge on any atom is -0.393 e. The molecule has 0 bridgehead atoms. The van der Waals surface area contributed by atoms with Gasteiger partial charge in [0.15, 0.2) is 5.70 Å². The minimum absolute atomic E-state index is 0.0498. The van der Waals surface area contributed by atoms with Crippen LogP contribution in [0.2, 0.25) is 0 Å². The molecule has 2 aromatic rings. The van der Waals surface area contributed by atoms with Crippen LogP contribution < -0.4 is 0 Å². The quantitative estimate of drug-likeness (QED) is 0.312. The van der Waals surface area contributed by atoms with Crippen molar-refractivity contribution in [3.63, 3.8) is 0 Å². The lowest BCUT2D eigenvalue weighted by Crippen LogP contribution is -2.51. The van der Waals surface area contributed by atoms with E-state index in [-0.39, 0.29) is 27.0 Å². The minimum atomic E-state index is -4.15. The summed E-state index contributed by atoms with van der Waals surface area (Å²) in [5.74, 6) is -1.33. The summed E-state index contributed by atoms with van der Waals surface area (Å²) < 4.78 is 61.9. The van der Waals surface area contributed by atoms with Crippen molar-refractivity contribution < 1.29 is 21.9 Å². The predicted octanol–water partition coefficient (Wildman–Crippen LogP) is 5.57. The SMILES string of the molecule is CC1=CC(C)=[N+]2C1=C(c1c(F)ccc(F)c1Br)c1c(C)cc(C)n1[B-]2(F)F. The van der Waals surface area contributed by atoms with Crippen LogP contribution in [-0.2, 0) is 0 Å². The van der Waals surface area contributed by atoms with Gasteiger partial charge in [-0.15, -0.1) is 0 Å². The van der Waals surface area contributed by atoms with Gasteiger partial charge in [0, 0.05) is 29.8 Å². The standard InChI is InChI=1S/C19H16BBrF4N2/c1-9-7-11(3)26-18(9)16(15-13(22)5-6-14(23)17(15)21)19-10(2)8-12(4)27(19)20(26,24)25/h5-8H,1-4H3. The molecule has 0 saturated heterocycles. The first-order valence-electron chi connectivity index (χ1n) is 8.48. The second kappa shape index (κ2) is 5.71. The van der Waals surface area contributed by atoms with E-state index in [0.717, 1.165) is 21.1 Å². The molecule has 0 N–H and O–H groups in total. The maximum Gasteiger partial charge on any atom is 0.737 e. The highest BCUT2D eigenvalue weighted by molar-refractivity contribution is 9.10. The summed E-state index contributed by atoms with van der Waals surface area (Å²) in [7, 11) is 0. The van der Waals surface area contributed by atoms with E-state index in [1.54, 1.807) is 39.8 Å². The van der Waals surface area contributed by atoms with Gasteiger partial charge in [0.05, 0.1) is 10.0 Å². The van der Waals surface area contributed by atoms with Crippen LogP contribution in [0.3, 0.4) is 0 Å². The molecule has 2 aliphatic heterocycles. The molecule has 0 aliphatic carbocycles. The largest absolute Gasteiger partial charge is 0.737 e. The first kappa shape index (κ1) is 18.3. The maximum atomic E-state index is 15.5. The normalized spacial score (nSPS) is 18.0. The van der Waals surface area contributed by atoms with E-state index in [9.17, 15) is 8.78 Å². The molecule has 0 radical (unpaired) electrons. The lowest BCUT2D eigenvalue weighted by atomic mass is 9.83. The fourth-order valence-corrected chi connectivity index (χ4v) is 4.81. The van der Waals surface area contributed by atoms with Crippen molar-refractivity contribution in [3.05, 3.63) is 74.2 Å². The van der Waals surface area contributed by atoms with Gasteiger partial charge in [-0.3, -0.25) is 0 Å². The summed E-state index contributed by atoms with van der Waals surface area (Å²) in [6, 6.07) is 3.68. The summed E-state index contributed by atoms with van der Waals surface area (Å²) >= 11 is 3.12. The fraction of sp³-hybridized carbons (Fsp3) is 0.211. The lowest BCUT2D eigenvalue weighted by molar-refractivity contribution is -0.363. The van der Waals surface area contributed by atoms with E-state index < -0.39 is 18.6 Å². The first-order valence-corrected chi connectivity index (χ1v) is 9.27. The average Bonchev–Trinajstić information content (AvgIpc) is 3.04. The van der Waals surface area contributed by atoms with E-state index in [4.69, 9.17) is 0 Å². The van der Waals surface area contributed by atoms with Crippen LogP contribution in [0.4, 0.5) is 17.4 Å². The number of aromatic nitrogens is 1. The zero-order chi connectivity index (χ0) is 19.8. The summed E-state index contributed by atoms with van der Waals surface area (Å²) in [5.41, 5.74) is 2.57. The number of allylic oxidation sites excluding steroid dienone is 2. The summed E-state index contributed by atoms with van der Waals surface area (Å²) in [6.45, 7) is 2.45. The predicted molar refractivity (Wildman–Crippen MR) is 102 cm³/mol. The van der Waals surface area contributed by atoms with Crippen molar-refractivity contribution in [1.82, 2.24) is 4.48 Å². The van der Waals surface area contributed by atoms with Crippen molar-refractivity contribution in [2.75, 3.05) is 0 Å². The molecule has 4 rings (SSSR count). The van der Waals surface area contributed by atoms with E-state index in [1.807, 2.05) is 0 Å². The Morgan fingerprint density at radius 1 is 1.04 bits per heavy atom. The lowest BCUT2D eigenvalue weighted by Gasteiger charge is -2.34. The molecule has 140 valence electrons. The average molecular weight is 439 g/mol. The van der Waals surface area contributed by atoms with Gasteiger partial charge in [0.1, 0.15) is 17.3 Å². The third kappa shape index (κ3) is 2.28. The molecule has 0 saturated carbocycles. The second-order valence-electron chi connectivity index (χ2n) is 7.06. The first-order chi connectivity index (χ1) is 12.6. The third-order valence-corrected chi connectivity index (χ3v) is 6.00. The summed E-state index contributed by atoms with van der Waals surface area (Å²) in [6.07, 6.45) is 1.65. The van der Waals surface area contributed by atoms with E-state index in [0.29, 0.717) is 22.5 Å². The number of nitrogens with zero attached hydrogens (tertiary/aromatic N) is 2. The monoisotopic (exact) mass is 438 g/mol. The van der Waals surface area contributed by atoms with Crippen LogP contribution in [0.5, 0.6) is 0 Å².